The molecule has 0 radical (unpaired) electrons. The molecular weight excluding hydrogens is 320 g/mol. The van der Waals surface area contributed by atoms with Gasteiger partial charge in [-0.1, -0.05) is 19.1 Å². The van der Waals surface area contributed by atoms with Gasteiger partial charge in [0.15, 0.2) is 0 Å². The van der Waals surface area contributed by atoms with Crippen LogP contribution in [0.5, 0.6) is 0 Å². The van der Waals surface area contributed by atoms with Crippen LogP contribution in [0.2, 0.25) is 0 Å². The van der Waals surface area contributed by atoms with Crippen molar-refractivity contribution < 1.29 is 13.2 Å². The number of hydrogen-bond acceptors (Lipinski definition) is 5. The zero-order chi connectivity index (χ0) is 15.7. The van der Waals surface area contributed by atoms with Crippen LogP contribution in [-0.4, -0.2) is 37.9 Å². The van der Waals surface area contributed by atoms with Crippen LogP contribution in [0.1, 0.15) is 31.2 Å². The van der Waals surface area contributed by atoms with Crippen LogP contribution in [0.25, 0.3) is 10.2 Å². The van der Waals surface area contributed by atoms with E-state index in [0.717, 1.165) is 15.2 Å². The van der Waals surface area contributed by atoms with Crippen molar-refractivity contribution in [3.05, 3.63) is 29.3 Å². The molecule has 1 fully saturated rings. The lowest BCUT2D eigenvalue weighted by molar-refractivity contribution is 0.126. The standard InChI is InChI=1S/C15H20N2O3S2/c1-10(15-17-12-5-3-4-6-13(12)21-15)9-16-22(18,19)14-7-8-20-11(14)2/h3-6,10-11,14,16H,7-9H2,1-2H3/t10-,11-,14-/m1/s1. The summed E-state index contributed by atoms with van der Waals surface area (Å²) in [6, 6.07) is 7.95. The fourth-order valence-electron chi connectivity index (χ4n) is 2.66. The lowest BCUT2D eigenvalue weighted by Crippen LogP contribution is -2.39. The van der Waals surface area contributed by atoms with Gasteiger partial charge in [0.1, 0.15) is 5.25 Å². The highest BCUT2D eigenvalue weighted by atomic mass is 32.2. The Morgan fingerprint density at radius 3 is 2.91 bits per heavy atom. The van der Waals surface area contributed by atoms with E-state index in [0.29, 0.717) is 19.6 Å². The summed E-state index contributed by atoms with van der Waals surface area (Å²) in [6.45, 7) is 4.69. The van der Waals surface area contributed by atoms with Crippen LogP contribution >= 0.6 is 11.3 Å². The average Bonchev–Trinajstić information content (AvgIpc) is 3.10. The number of nitrogens with one attached hydrogen (secondary N) is 1. The first-order valence-electron chi connectivity index (χ1n) is 7.43. The van der Waals surface area contributed by atoms with Gasteiger partial charge >= 0.3 is 0 Å². The van der Waals surface area contributed by atoms with Crippen molar-refractivity contribution in [3.8, 4) is 0 Å². The maximum atomic E-state index is 12.3. The molecule has 1 aliphatic rings. The molecule has 2 heterocycles. The molecule has 1 aromatic carbocycles. The van der Waals surface area contributed by atoms with Gasteiger partial charge in [-0.3, -0.25) is 0 Å². The van der Waals surface area contributed by atoms with Gasteiger partial charge < -0.3 is 4.74 Å². The van der Waals surface area contributed by atoms with Gasteiger partial charge in [0.25, 0.3) is 0 Å². The second kappa shape index (κ2) is 6.23. The molecule has 0 unspecified atom stereocenters. The molecule has 0 aliphatic carbocycles. The van der Waals surface area contributed by atoms with Gasteiger partial charge in [0.05, 0.1) is 21.3 Å². The van der Waals surface area contributed by atoms with E-state index in [-0.39, 0.29) is 12.0 Å². The number of hydrogen-bond donors (Lipinski definition) is 1. The van der Waals surface area contributed by atoms with Gasteiger partial charge in [-0.25, -0.2) is 18.1 Å². The monoisotopic (exact) mass is 340 g/mol. The molecule has 0 saturated carbocycles. The molecule has 2 aromatic rings. The molecule has 1 aromatic heterocycles. The van der Waals surface area contributed by atoms with Crippen LogP contribution in [0.3, 0.4) is 0 Å². The largest absolute Gasteiger partial charge is 0.377 e. The highest BCUT2D eigenvalue weighted by Crippen LogP contribution is 2.27. The summed E-state index contributed by atoms with van der Waals surface area (Å²) in [5.41, 5.74) is 0.968. The third-order valence-corrected chi connectivity index (χ3v) is 7.28. The van der Waals surface area contributed by atoms with Crippen molar-refractivity contribution in [2.45, 2.75) is 37.5 Å². The lowest BCUT2D eigenvalue weighted by atomic mass is 10.2. The number of fused-ring (bicyclic) bond motifs is 1. The molecule has 5 nitrogen and oxygen atoms in total. The molecule has 0 amide bonds. The molecular formula is C15H20N2O3S2. The van der Waals surface area contributed by atoms with Gasteiger partial charge in [-0.15, -0.1) is 11.3 Å². The molecule has 1 N–H and O–H groups in total. The first-order valence-corrected chi connectivity index (χ1v) is 9.79. The number of thiazole rings is 1. The zero-order valence-corrected chi connectivity index (χ0v) is 14.3. The number of rotatable bonds is 5. The summed E-state index contributed by atoms with van der Waals surface area (Å²) in [7, 11) is -3.34. The minimum absolute atomic E-state index is 0.0461. The van der Waals surface area contributed by atoms with E-state index >= 15 is 0 Å². The van der Waals surface area contributed by atoms with E-state index in [1.165, 1.54) is 0 Å². The first kappa shape index (κ1) is 15.9. The molecule has 3 atom stereocenters. The Labute approximate surface area is 134 Å². The van der Waals surface area contributed by atoms with Crippen molar-refractivity contribution >= 4 is 31.6 Å². The molecule has 22 heavy (non-hydrogen) atoms. The van der Waals surface area contributed by atoms with Crippen molar-refractivity contribution in [3.63, 3.8) is 0 Å². The normalized spacial score (nSPS) is 23.9. The topological polar surface area (TPSA) is 68.3 Å². The quantitative estimate of drug-likeness (QED) is 0.908. The maximum Gasteiger partial charge on any atom is 0.217 e. The summed E-state index contributed by atoms with van der Waals surface area (Å²) in [5.74, 6) is 0.0461. The van der Waals surface area contributed by atoms with E-state index in [1.807, 2.05) is 38.1 Å². The van der Waals surface area contributed by atoms with Crippen molar-refractivity contribution in [1.82, 2.24) is 9.71 Å². The fourth-order valence-corrected chi connectivity index (χ4v) is 5.36. The average molecular weight is 340 g/mol. The summed E-state index contributed by atoms with van der Waals surface area (Å²) in [6.07, 6.45) is 0.321. The molecule has 1 saturated heterocycles. The van der Waals surface area contributed by atoms with Gasteiger partial charge in [-0.05, 0) is 25.5 Å². The number of sulfonamides is 1. The number of nitrogens with zero attached hydrogens (tertiary/aromatic N) is 1. The molecule has 120 valence electrons. The van der Waals surface area contributed by atoms with Crippen LogP contribution in [0.15, 0.2) is 24.3 Å². The van der Waals surface area contributed by atoms with Crippen LogP contribution < -0.4 is 4.72 Å². The van der Waals surface area contributed by atoms with Gasteiger partial charge in [-0.2, -0.15) is 0 Å². The van der Waals surface area contributed by atoms with E-state index < -0.39 is 15.3 Å². The van der Waals surface area contributed by atoms with E-state index in [1.54, 1.807) is 11.3 Å². The van der Waals surface area contributed by atoms with Crippen molar-refractivity contribution in [2.24, 2.45) is 0 Å². The molecule has 3 rings (SSSR count). The predicted molar refractivity (Wildman–Crippen MR) is 88.8 cm³/mol. The summed E-state index contributed by atoms with van der Waals surface area (Å²) in [4.78, 5) is 4.58. The van der Waals surface area contributed by atoms with Crippen LogP contribution in [0, 0.1) is 0 Å². The molecule has 0 bridgehead atoms. The maximum absolute atomic E-state index is 12.3. The minimum Gasteiger partial charge on any atom is -0.377 e. The Hall–Kier alpha value is -1.02. The Kier molecular flexibility index (Phi) is 4.49. The second-order valence-corrected chi connectivity index (χ2v) is 8.76. The van der Waals surface area contributed by atoms with Crippen LogP contribution in [0.4, 0.5) is 0 Å². The molecule has 0 spiro atoms. The highest BCUT2D eigenvalue weighted by Gasteiger charge is 2.35. The molecule has 1 aliphatic heterocycles. The molecule has 7 heteroatoms. The minimum atomic E-state index is -3.34. The summed E-state index contributed by atoms with van der Waals surface area (Å²) in [5, 5.41) is 0.509. The Bertz CT molecular complexity index is 724. The number of ether oxygens (including phenoxy) is 1. The SMILES string of the molecule is C[C@H](CNS(=O)(=O)[C@@H]1CCO[C@@H]1C)c1nc2ccccc2s1. The number of benzene rings is 1. The number of para-hydroxylation sites is 1. The van der Waals surface area contributed by atoms with Crippen molar-refractivity contribution in [2.75, 3.05) is 13.2 Å². The van der Waals surface area contributed by atoms with Crippen LogP contribution in [-0.2, 0) is 14.8 Å². The van der Waals surface area contributed by atoms with Gasteiger partial charge in [0.2, 0.25) is 10.0 Å². The Morgan fingerprint density at radius 2 is 2.23 bits per heavy atom. The second-order valence-electron chi connectivity index (χ2n) is 5.72. The Morgan fingerprint density at radius 1 is 1.45 bits per heavy atom. The lowest BCUT2D eigenvalue weighted by Gasteiger charge is -2.17. The highest BCUT2D eigenvalue weighted by molar-refractivity contribution is 7.90. The third-order valence-electron chi connectivity index (χ3n) is 4.03. The van der Waals surface area contributed by atoms with E-state index in [2.05, 4.69) is 9.71 Å². The van der Waals surface area contributed by atoms with Gasteiger partial charge in [0, 0.05) is 19.1 Å². The first-order chi connectivity index (χ1) is 10.5. The fraction of sp³-hybridized carbons (Fsp3) is 0.533. The van der Waals surface area contributed by atoms with Crippen molar-refractivity contribution in [1.29, 1.82) is 0 Å². The summed E-state index contributed by atoms with van der Waals surface area (Å²) < 4.78 is 33.9. The number of aromatic nitrogens is 1. The summed E-state index contributed by atoms with van der Waals surface area (Å²) >= 11 is 1.62. The van der Waals surface area contributed by atoms with E-state index in [4.69, 9.17) is 4.74 Å². The Balaban J connectivity index is 1.67. The predicted octanol–water partition coefficient (Wildman–Crippen LogP) is 2.50. The van der Waals surface area contributed by atoms with E-state index in [9.17, 15) is 8.42 Å². The third kappa shape index (κ3) is 3.17. The zero-order valence-electron chi connectivity index (χ0n) is 12.7. The smallest absolute Gasteiger partial charge is 0.217 e.